The van der Waals surface area contributed by atoms with Crippen molar-refractivity contribution in [3.05, 3.63) is 29.8 Å². The predicted molar refractivity (Wildman–Crippen MR) is 71.9 cm³/mol. The van der Waals surface area contributed by atoms with Crippen molar-refractivity contribution in [3.8, 4) is 0 Å². The molecule has 1 aromatic carbocycles. The summed E-state index contributed by atoms with van der Waals surface area (Å²) in [4.78, 5) is 11.2. The first-order chi connectivity index (χ1) is 8.40. The molecule has 0 aromatic heterocycles. The van der Waals surface area contributed by atoms with Crippen LogP contribution in [0.2, 0.25) is 0 Å². The number of hydrogen-bond acceptors (Lipinski definition) is 3. The minimum absolute atomic E-state index is 0.0983. The molecular weight excluding hydrogens is 252 g/mol. The van der Waals surface area contributed by atoms with E-state index in [1.807, 2.05) is 0 Å². The number of Topliss-reactive ketones (excluding diaryl/α,β-unsaturated/α-hetero) is 1. The van der Waals surface area contributed by atoms with Crippen molar-refractivity contribution >= 4 is 21.7 Å². The third kappa shape index (κ3) is 3.54. The second-order valence-corrected chi connectivity index (χ2v) is 5.50. The van der Waals surface area contributed by atoms with Gasteiger partial charge >= 0.3 is 10.2 Å². The Hall–Kier alpha value is -1.40. The van der Waals surface area contributed by atoms with E-state index in [1.165, 1.54) is 17.3 Å². The fraction of sp³-hybridized carbons (Fsp3) is 0.417. The fourth-order valence-corrected chi connectivity index (χ4v) is 2.81. The number of rotatable bonds is 6. The Morgan fingerprint density at radius 3 is 2.39 bits per heavy atom. The summed E-state index contributed by atoms with van der Waals surface area (Å²) in [7, 11) is -3.55. The fourth-order valence-electron chi connectivity index (χ4n) is 1.58. The average molecular weight is 270 g/mol. The summed E-state index contributed by atoms with van der Waals surface area (Å²) in [5.41, 5.74) is 0.879. The van der Waals surface area contributed by atoms with Crippen molar-refractivity contribution in [3.63, 3.8) is 0 Å². The summed E-state index contributed by atoms with van der Waals surface area (Å²) in [6.07, 6.45) is 0. The standard InChI is InChI=1S/C12H18N2O3S/c1-4-14(5-2)18(16,17)13-12-8-6-7-11(9-12)10(3)15/h6-9,13H,4-5H2,1-3H3. The molecular formula is C12H18N2O3S. The SMILES string of the molecule is CCN(CC)S(=O)(=O)Nc1cccc(C(C)=O)c1. The van der Waals surface area contributed by atoms with Gasteiger partial charge in [0.1, 0.15) is 0 Å². The molecule has 0 aliphatic rings. The number of hydrogen-bond donors (Lipinski definition) is 1. The van der Waals surface area contributed by atoms with Crippen molar-refractivity contribution < 1.29 is 13.2 Å². The molecule has 0 aliphatic carbocycles. The highest BCUT2D eigenvalue weighted by Crippen LogP contribution is 2.14. The summed E-state index contributed by atoms with van der Waals surface area (Å²) in [6, 6.07) is 6.45. The summed E-state index contributed by atoms with van der Waals surface area (Å²) in [6.45, 7) is 5.79. The Bertz CT molecular complexity index is 522. The molecule has 1 aromatic rings. The first-order valence-electron chi connectivity index (χ1n) is 5.79. The molecule has 0 radical (unpaired) electrons. The maximum absolute atomic E-state index is 12.0. The van der Waals surface area contributed by atoms with E-state index in [1.54, 1.807) is 32.0 Å². The Morgan fingerprint density at radius 2 is 1.89 bits per heavy atom. The van der Waals surface area contributed by atoms with E-state index < -0.39 is 10.2 Å². The molecule has 5 nitrogen and oxygen atoms in total. The Kier molecular flexibility index (Phi) is 4.86. The number of ketones is 1. The van der Waals surface area contributed by atoms with Crippen molar-refractivity contribution in [2.75, 3.05) is 17.8 Å². The van der Waals surface area contributed by atoms with E-state index in [0.29, 0.717) is 24.3 Å². The zero-order valence-electron chi connectivity index (χ0n) is 10.8. The van der Waals surface area contributed by atoms with E-state index >= 15 is 0 Å². The molecule has 0 saturated carbocycles. The van der Waals surface area contributed by atoms with Gasteiger partial charge in [-0.25, -0.2) is 0 Å². The van der Waals surface area contributed by atoms with Gasteiger partial charge < -0.3 is 0 Å². The van der Waals surface area contributed by atoms with Crippen molar-refractivity contribution in [2.45, 2.75) is 20.8 Å². The van der Waals surface area contributed by atoms with Gasteiger partial charge in [-0.15, -0.1) is 0 Å². The summed E-state index contributed by atoms with van der Waals surface area (Å²) >= 11 is 0. The number of nitrogens with zero attached hydrogens (tertiary/aromatic N) is 1. The lowest BCUT2D eigenvalue weighted by molar-refractivity contribution is 0.101. The van der Waals surface area contributed by atoms with Crippen molar-refractivity contribution in [1.82, 2.24) is 4.31 Å². The molecule has 18 heavy (non-hydrogen) atoms. The molecule has 100 valence electrons. The molecule has 1 N–H and O–H groups in total. The van der Waals surface area contributed by atoms with Crippen molar-refractivity contribution in [2.24, 2.45) is 0 Å². The number of benzene rings is 1. The van der Waals surface area contributed by atoms with Gasteiger partial charge in [-0.1, -0.05) is 26.0 Å². The largest absolute Gasteiger partial charge is 0.301 e. The molecule has 0 aliphatic heterocycles. The Labute approximate surface area is 108 Å². The lowest BCUT2D eigenvalue weighted by atomic mass is 10.1. The van der Waals surface area contributed by atoms with Crippen LogP contribution in [0.3, 0.4) is 0 Å². The first kappa shape index (κ1) is 14.7. The number of carbonyl (C=O) groups is 1. The van der Waals surface area contributed by atoms with Crippen LogP contribution in [-0.2, 0) is 10.2 Å². The molecule has 0 amide bonds. The smallest absolute Gasteiger partial charge is 0.295 e. The minimum atomic E-state index is -3.55. The van der Waals surface area contributed by atoms with Gasteiger partial charge in [0.05, 0.1) is 5.69 Å². The Morgan fingerprint density at radius 1 is 1.28 bits per heavy atom. The highest BCUT2D eigenvalue weighted by Gasteiger charge is 2.18. The topological polar surface area (TPSA) is 66.5 Å². The third-order valence-electron chi connectivity index (χ3n) is 2.56. The molecule has 1 rings (SSSR count). The van der Waals surface area contributed by atoms with Gasteiger partial charge in [-0.3, -0.25) is 9.52 Å². The zero-order valence-corrected chi connectivity index (χ0v) is 11.6. The van der Waals surface area contributed by atoms with Gasteiger partial charge in [0.25, 0.3) is 0 Å². The van der Waals surface area contributed by atoms with Gasteiger partial charge in [0, 0.05) is 18.7 Å². The van der Waals surface area contributed by atoms with E-state index in [-0.39, 0.29) is 5.78 Å². The van der Waals surface area contributed by atoms with Crippen LogP contribution in [0.5, 0.6) is 0 Å². The third-order valence-corrected chi connectivity index (χ3v) is 4.25. The molecule has 0 fully saturated rings. The van der Waals surface area contributed by atoms with Crippen LogP contribution in [0.15, 0.2) is 24.3 Å². The van der Waals surface area contributed by atoms with Crippen LogP contribution < -0.4 is 4.72 Å². The highest BCUT2D eigenvalue weighted by molar-refractivity contribution is 7.90. The average Bonchev–Trinajstić information content (AvgIpc) is 2.29. The van der Waals surface area contributed by atoms with Crippen LogP contribution in [0.25, 0.3) is 0 Å². The Balaban J connectivity index is 2.97. The highest BCUT2D eigenvalue weighted by atomic mass is 32.2. The molecule has 0 unspecified atom stereocenters. The maximum atomic E-state index is 12.0. The van der Waals surface area contributed by atoms with Crippen molar-refractivity contribution in [1.29, 1.82) is 0 Å². The second-order valence-electron chi connectivity index (χ2n) is 3.83. The number of nitrogens with one attached hydrogen (secondary N) is 1. The minimum Gasteiger partial charge on any atom is -0.295 e. The van der Waals surface area contributed by atoms with Gasteiger partial charge in [0.15, 0.2) is 5.78 Å². The monoisotopic (exact) mass is 270 g/mol. The lowest BCUT2D eigenvalue weighted by Crippen LogP contribution is -2.35. The van der Waals surface area contributed by atoms with Gasteiger partial charge in [-0.2, -0.15) is 12.7 Å². The van der Waals surface area contributed by atoms with Crippen LogP contribution in [0, 0.1) is 0 Å². The molecule has 6 heteroatoms. The summed E-state index contributed by atoms with van der Waals surface area (Å²) in [5.74, 6) is -0.0983. The lowest BCUT2D eigenvalue weighted by Gasteiger charge is -2.19. The van der Waals surface area contributed by atoms with Crippen LogP contribution in [0.1, 0.15) is 31.1 Å². The molecule has 0 bridgehead atoms. The van der Waals surface area contributed by atoms with Gasteiger partial charge in [-0.05, 0) is 19.1 Å². The summed E-state index contributed by atoms with van der Waals surface area (Å²) in [5, 5.41) is 0. The maximum Gasteiger partial charge on any atom is 0.301 e. The second kappa shape index (κ2) is 5.97. The summed E-state index contributed by atoms with van der Waals surface area (Å²) < 4.78 is 27.7. The number of carbonyl (C=O) groups excluding carboxylic acids is 1. The molecule has 0 heterocycles. The molecule has 0 atom stereocenters. The van der Waals surface area contributed by atoms with Crippen LogP contribution in [-0.4, -0.2) is 31.6 Å². The zero-order chi connectivity index (χ0) is 13.8. The van der Waals surface area contributed by atoms with Crippen LogP contribution >= 0.6 is 0 Å². The van der Waals surface area contributed by atoms with E-state index in [0.717, 1.165) is 0 Å². The normalized spacial score (nSPS) is 11.6. The molecule has 0 spiro atoms. The van der Waals surface area contributed by atoms with Gasteiger partial charge in [0.2, 0.25) is 0 Å². The van der Waals surface area contributed by atoms with E-state index in [4.69, 9.17) is 0 Å². The first-order valence-corrected chi connectivity index (χ1v) is 7.23. The van der Waals surface area contributed by atoms with Crippen LogP contribution in [0.4, 0.5) is 5.69 Å². The van der Waals surface area contributed by atoms with E-state index in [2.05, 4.69) is 4.72 Å². The molecule has 0 saturated heterocycles. The van der Waals surface area contributed by atoms with E-state index in [9.17, 15) is 13.2 Å². The quantitative estimate of drug-likeness (QED) is 0.803. The number of anilines is 1. The predicted octanol–water partition coefficient (Wildman–Crippen LogP) is 1.89.